The SMILES string of the molecule is COc1ccc(CC(=O)N[C@H](NC(=S)Nc2ccccc2C)C(Cl)(Cl)Cl)cc1OC. The van der Waals surface area contributed by atoms with Crippen LogP contribution in [-0.4, -0.2) is 35.2 Å². The van der Waals surface area contributed by atoms with Crippen LogP contribution in [-0.2, 0) is 11.2 Å². The maximum absolute atomic E-state index is 12.6. The van der Waals surface area contributed by atoms with Gasteiger partial charge in [0.1, 0.15) is 6.17 Å². The van der Waals surface area contributed by atoms with Gasteiger partial charge in [-0.15, -0.1) is 0 Å². The molecule has 162 valence electrons. The molecule has 10 heteroatoms. The number of methoxy groups -OCH3 is 2. The minimum Gasteiger partial charge on any atom is -0.493 e. The Labute approximate surface area is 196 Å². The lowest BCUT2D eigenvalue weighted by atomic mass is 10.1. The summed E-state index contributed by atoms with van der Waals surface area (Å²) in [6.07, 6.45) is -1.02. The zero-order chi connectivity index (χ0) is 22.3. The van der Waals surface area contributed by atoms with Crippen LogP contribution in [0, 0.1) is 6.92 Å². The largest absolute Gasteiger partial charge is 0.493 e. The molecule has 0 radical (unpaired) electrons. The molecule has 0 aliphatic carbocycles. The molecule has 0 aliphatic heterocycles. The number of halogens is 3. The van der Waals surface area contributed by atoms with E-state index in [4.69, 9.17) is 56.5 Å². The third-order valence-corrected chi connectivity index (χ3v) is 4.99. The monoisotopic (exact) mass is 489 g/mol. The number of ether oxygens (including phenoxy) is 2. The summed E-state index contributed by atoms with van der Waals surface area (Å²) in [7, 11) is 3.06. The second-order valence-corrected chi connectivity index (χ2v) is 9.10. The van der Waals surface area contributed by atoms with Gasteiger partial charge >= 0.3 is 0 Å². The van der Waals surface area contributed by atoms with Gasteiger partial charge < -0.3 is 25.4 Å². The molecule has 0 unspecified atom stereocenters. The second-order valence-electron chi connectivity index (χ2n) is 6.32. The summed E-state index contributed by atoms with van der Waals surface area (Å²) in [6, 6.07) is 12.8. The molecule has 1 atom stereocenters. The summed E-state index contributed by atoms with van der Waals surface area (Å²) >= 11 is 23.4. The number of hydrogen-bond donors (Lipinski definition) is 3. The summed E-state index contributed by atoms with van der Waals surface area (Å²) in [5.74, 6) is 0.710. The summed E-state index contributed by atoms with van der Waals surface area (Å²) in [5.41, 5.74) is 2.49. The third kappa shape index (κ3) is 7.09. The molecular formula is C20H22Cl3N3O3S. The van der Waals surface area contributed by atoms with Crippen molar-refractivity contribution in [3.8, 4) is 11.5 Å². The van der Waals surface area contributed by atoms with Crippen LogP contribution >= 0.6 is 47.0 Å². The zero-order valence-corrected chi connectivity index (χ0v) is 19.7. The van der Waals surface area contributed by atoms with E-state index in [1.165, 1.54) is 14.2 Å². The van der Waals surface area contributed by atoms with Crippen molar-refractivity contribution in [1.29, 1.82) is 0 Å². The van der Waals surface area contributed by atoms with Gasteiger partial charge in [-0.2, -0.15) is 0 Å². The number of hydrogen-bond acceptors (Lipinski definition) is 4. The predicted octanol–water partition coefficient (Wildman–Crippen LogP) is 4.35. The second kappa shape index (κ2) is 10.9. The van der Waals surface area contributed by atoms with Crippen molar-refractivity contribution >= 4 is 63.7 Å². The van der Waals surface area contributed by atoms with E-state index in [-0.39, 0.29) is 17.4 Å². The Morgan fingerprint density at radius 1 is 1.07 bits per heavy atom. The summed E-state index contributed by atoms with van der Waals surface area (Å²) in [4.78, 5) is 12.6. The number of aryl methyl sites for hydroxylation is 1. The number of thiocarbonyl (C=S) groups is 1. The molecule has 0 heterocycles. The highest BCUT2D eigenvalue weighted by Crippen LogP contribution is 2.30. The lowest BCUT2D eigenvalue weighted by Crippen LogP contribution is -2.56. The van der Waals surface area contributed by atoms with Crippen molar-refractivity contribution in [3.63, 3.8) is 0 Å². The topological polar surface area (TPSA) is 71.6 Å². The van der Waals surface area contributed by atoms with Crippen LogP contribution in [0.15, 0.2) is 42.5 Å². The number of carbonyl (C=O) groups is 1. The maximum atomic E-state index is 12.6. The Hall–Kier alpha value is -1.93. The molecule has 6 nitrogen and oxygen atoms in total. The standard InChI is InChI=1S/C20H22Cl3N3O3S/c1-12-6-4-5-7-14(12)24-19(30)26-18(20(21,22)23)25-17(27)11-13-8-9-15(28-2)16(10-13)29-3/h4-10,18H,11H2,1-3H3,(H,25,27)(H2,24,26,30)/t18-/m1/s1. The quantitative estimate of drug-likeness (QED) is 0.304. The fourth-order valence-electron chi connectivity index (χ4n) is 2.59. The lowest BCUT2D eigenvalue weighted by molar-refractivity contribution is -0.121. The average Bonchev–Trinajstić information content (AvgIpc) is 2.68. The Balaban J connectivity index is 2.04. The Morgan fingerprint density at radius 3 is 2.33 bits per heavy atom. The van der Waals surface area contributed by atoms with Crippen molar-refractivity contribution in [2.75, 3.05) is 19.5 Å². The van der Waals surface area contributed by atoms with Crippen LogP contribution in [0.2, 0.25) is 0 Å². The average molecular weight is 491 g/mol. The summed E-state index contributed by atoms with van der Waals surface area (Å²) in [6.45, 7) is 1.93. The van der Waals surface area contributed by atoms with Gasteiger partial charge in [-0.3, -0.25) is 4.79 Å². The smallest absolute Gasteiger partial charge is 0.228 e. The van der Waals surface area contributed by atoms with E-state index in [0.29, 0.717) is 17.1 Å². The number of carbonyl (C=O) groups excluding carboxylic acids is 1. The number of amides is 1. The van der Waals surface area contributed by atoms with Crippen LogP contribution in [0.25, 0.3) is 0 Å². The van der Waals surface area contributed by atoms with Crippen molar-refractivity contribution in [1.82, 2.24) is 10.6 Å². The summed E-state index contributed by atoms with van der Waals surface area (Å²) in [5, 5.41) is 8.72. The highest BCUT2D eigenvalue weighted by molar-refractivity contribution is 7.80. The van der Waals surface area contributed by atoms with Crippen molar-refractivity contribution in [2.45, 2.75) is 23.3 Å². The normalized spacial score (nSPS) is 11.9. The molecule has 0 bridgehead atoms. The van der Waals surface area contributed by atoms with Gasteiger partial charge in [0.15, 0.2) is 16.6 Å². The number of anilines is 1. The molecule has 0 fully saturated rings. The molecule has 0 saturated heterocycles. The number of alkyl halides is 3. The van der Waals surface area contributed by atoms with Gasteiger partial charge in [0.05, 0.1) is 20.6 Å². The van der Waals surface area contributed by atoms with E-state index < -0.39 is 9.96 Å². The van der Waals surface area contributed by atoms with Crippen LogP contribution in [0.5, 0.6) is 11.5 Å². The van der Waals surface area contributed by atoms with Crippen LogP contribution in [0.3, 0.4) is 0 Å². The van der Waals surface area contributed by atoms with Gasteiger partial charge in [-0.05, 0) is 48.5 Å². The molecule has 1 amide bonds. The van der Waals surface area contributed by atoms with E-state index in [2.05, 4.69) is 16.0 Å². The fourth-order valence-corrected chi connectivity index (χ4v) is 3.15. The molecule has 3 N–H and O–H groups in total. The van der Waals surface area contributed by atoms with Gasteiger partial charge in [0, 0.05) is 5.69 Å². The molecule has 2 rings (SSSR count). The Bertz CT molecular complexity index is 906. The molecule has 0 aliphatic rings. The zero-order valence-electron chi connectivity index (χ0n) is 16.6. The highest BCUT2D eigenvalue weighted by atomic mass is 35.6. The van der Waals surface area contributed by atoms with Gasteiger partial charge in [0.2, 0.25) is 9.70 Å². The molecule has 0 aromatic heterocycles. The Kier molecular flexibility index (Phi) is 8.85. The van der Waals surface area contributed by atoms with E-state index in [1.54, 1.807) is 18.2 Å². The first-order chi connectivity index (χ1) is 14.1. The molecule has 0 saturated carbocycles. The van der Waals surface area contributed by atoms with Crippen molar-refractivity contribution in [3.05, 3.63) is 53.6 Å². The fraction of sp³-hybridized carbons (Fsp3) is 0.300. The molecule has 2 aromatic carbocycles. The van der Waals surface area contributed by atoms with Gasteiger partial charge in [-0.25, -0.2) is 0 Å². The minimum atomic E-state index is -1.84. The van der Waals surface area contributed by atoms with Crippen LogP contribution in [0.4, 0.5) is 5.69 Å². The number of para-hydroxylation sites is 1. The van der Waals surface area contributed by atoms with E-state index >= 15 is 0 Å². The predicted molar refractivity (Wildman–Crippen MR) is 126 cm³/mol. The van der Waals surface area contributed by atoms with Crippen LogP contribution < -0.4 is 25.4 Å². The Morgan fingerprint density at radius 2 is 1.73 bits per heavy atom. The first-order valence-corrected chi connectivity index (χ1v) is 10.4. The summed E-state index contributed by atoms with van der Waals surface area (Å²) < 4.78 is 8.61. The first kappa shape index (κ1) is 24.3. The number of rotatable bonds is 7. The number of benzene rings is 2. The highest BCUT2D eigenvalue weighted by Gasteiger charge is 2.34. The maximum Gasteiger partial charge on any atom is 0.228 e. The third-order valence-electron chi connectivity index (χ3n) is 4.11. The molecule has 0 spiro atoms. The molecule has 2 aromatic rings. The molecular weight excluding hydrogens is 469 g/mol. The van der Waals surface area contributed by atoms with Crippen LogP contribution in [0.1, 0.15) is 11.1 Å². The molecule has 30 heavy (non-hydrogen) atoms. The van der Waals surface area contributed by atoms with Crippen molar-refractivity contribution in [2.24, 2.45) is 0 Å². The first-order valence-electron chi connectivity index (χ1n) is 8.84. The minimum absolute atomic E-state index is 0.0390. The van der Waals surface area contributed by atoms with Crippen molar-refractivity contribution < 1.29 is 14.3 Å². The van der Waals surface area contributed by atoms with Gasteiger partial charge in [-0.1, -0.05) is 59.1 Å². The van der Waals surface area contributed by atoms with E-state index in [9.17, 15) is 4.79 Å². The number of nitrogens with one attached hydrogen (secondary N) is 3. The lowest BCUT2D eigenvalue weighted by Gasteiger charge is -2.28. The van der Waals surface area contributed by atoms with E-state index in [1.807, 2.05) is 31.2 Å². The van der Waals surface area contributed by atoms with E-state index in [0.717, 1.165) is 11.3 Å². The van der Waals surface area contributed by atoms with Gasteiger partial charge in [0.25, 0.3) is 0 Å².